The van der Waals surface area contributed by atoms with E-state index in [0.29, 0.717) is 31.8 Å². The van der Waals surface area contributed by atoms with Crippen molar-refractivity contribution in [2.24, 2.45) is 11.3 Å². The second kappa shape index (κ2) is 12.2. The van der Waals surface area contributed by atoms with Crippen molar-refractivity contribution in [2.75, 3.05) is 18.8 Å². The second-order valence-corrected chi connectivity index (χ2v) is 10.6. The average Bonchev–Trinajstić information content (AvgIpc) is 3.30. The number of likely N-dealkylation sites (tertiary alicyclic amines) is 1. The minimum atomic E-state index is -0.876. The Bertz CT molecular complexity index is 777. The lowest BCUT2D eigenvalue weighted by Gasteiger charge is -2.28. The molecule has 0 radical (unpaired) electrons. The predicted molar refractivity (Wildman–Crippen MR) is 126 cm³/mol. The molecule has 3 rings (SSSR count). The van der Waals surface area contributed by atoms with Crippen molar-refractivity contribution < 1.29 is 14.7 Å². The topological polar surface area (TPSA) is 57.6 Å². The first-order valence-electron chi connectivity index (χ1n) is 10.6. The van der Waals surface area contributed by atoms with Gasteiger partial charge in [0.2, 0.25) is 5.91 Å². The van der Waals surface area contributed by atoms with E-state index in [9.17, 15) is 14.7 Å². The molecule has 1 aromatic heterocycles. The maximum Gasteiger partial charge on any atom is 0.304 e. The third-order valence-corrected chi connectivity index (χ3v) is 7.20. The van der Waals surface area contributed by atoms with Crippen LogP contribution < -0.4 is 0 Å². The lowest BCUT2D eigenvalue weighted by Crippen LogP contribution is -2.38. The van der Waals surface area contributed by atoms with Crippen LogP contribution in [-0.4, -0.2) is 40.7 Å². The average molecular weight is 448 g/mol. The molecule has 0 bridgehead atoms. The van der Waals surface area contributed by atoms with Crippen molar-refractivity contribution in [3.63, 3.8) is 0 Å². The normalized spacial score (nSPS) is 18.4. The highest BCUT2D eigenvalue weighted by molar-refractivity contribution is 8.01. The van der Waals surface area contributed by atoms with Gasteiger partial charge >= 0.3 is 5.97 Å². The second-order valence-electron chi connectivity index (χ2n) is 8.09. The summed E-state index contributed by atoms with van der Waals surface area (Å²) in [6.07, 6.45) is 2.08. The lowest BCUT2D eigenvalue weighted by atomic mass is 9.76. The summed E-state index contributed by atoms with van der Waals surface area (Å²) in [4.78, 5) is 25.8. The van der Waals surface area contributed by atoms with Crippen molar-refractivity contribution in [1.29, 1.82) is 0 Å². The Balaban J connectivity index is 0.000000335. The Labute approximate surface area is 188 Å². The predicted octanol–water partition coefficient (Wildman–Crippen LogP) is 5.83. The first-order valence-corrected chi connectivity index (χ1v) is 12.4. The molecule has 1 atom stereocenters. The SMILES string of the molecule is CC(C)CC1(CC(=O)O)CCN(CCc2ccccc2)C1=O.CCSc1cccs1. The summed E-state index contributed by atoms with van der Waals surface area (Å²) in [5, 5.41) is 11.3. The quantitative estimate of drug-likeness (QED) is 0.492. The largest absolute Gasteiger partial charge is 0.481 e. The molecule has 4 nitrogen and oxygen atoms in total. The third kappa shape index (κ3) is 7.47. The number of hydrogen-bond acceptors (Lipinski definition) is 4. The number of benzene rings is 1. The minimum absolute atomic E-state index is 0.0273. The molecule has 0 spiro atoms. The maximum absolute atomic E-state index is 12.8. The number of thiophene rings is 1. The maximum atomic E-state index is 12.8. The van der Waals surface area contributed by atoms with E-state index in [2.05, 4.69) is 36.6 Å². The van der Waals surface area contributed by atoms with E-state index >= 15 is 0 Å². The molecule has 30 heavy (non-hydrogen) atoms. The smallest absolute Gasteiger partial charge is 0.304 e. The Hall–Kier alpha value is -1.79. The van der Waals surface area contributed by atoms with Gasteiger partial charge in [-0.25, -0.2) is 0 Å². The van der Waals surface area contributed by atoms with Gasteiger partial charge in [0.05, 0.1) is 16.0 Å². The number of aliphatic carboxylic acids is 1. The number of rotatable bonds is 9. The van der Waals surface area contributed by atoms with Crippen LogP contribution in [0.2, 0.25) is 0 Å². The monoisotopic (exact) mass is 447 g/mol. The lowest BCUT2D eigenvalue weighted by molar-refractivity contribution is -0.147. The van der Waals surface area contributed by atoms with Gasteiger partial charge in [0.1, 0.15) is 0 Å². The van der Waals surface area contributed by atoms with Gasteiger partial charge in [-0.15, -0.1) is 23.1 Å². The Morgan fingerprint density at radius 1 is 1.23 bits per heavy atom. The Kier molecular flexibility index (Phi) is 9.92. The standard InChI is InChI=1S/C18H25NO3.C6H8S2/c1-14(2)12-18(13-16(20)21)9-11-19(17(18)22)10-8-15-6-4-3-5-7-15;1-2-7-6-4-3-5-8-6/h3-7,14H,8-13H2,1-2H3,(H,20,21);3-5H,2H2,1H3. The molecule has 1 aliphatic rings. The number of thioether (sulfide) groups is 1. The number of nitrogens with zero attached hydrogens (tertiary/aromatic N) is 1. The molecule has 0 saturated carbocycles. The van der Waals surface area contributed by atoms with Gasteiger partial charge in [0.25, 0.3) is 0 Å². The van der Waals surface area contributed by atoms with E-state index in [1.807, 2.05) is 60.0 Å². The van der Waals surface area contributed by atoms with Gasteiger partial charge in [-0.1, -0.05) is 57.2 Å². The molecule has 164 valence electrons. The summed E-state index contributed by atoms with van der Waals surface area (Å²) < 4.78 is 1.42. The van der Waals surface area contributed by atoms with Crippen LogP contribution in [0.1, 0.15) is 45.6 Å². The fourth-order valence-electron chi connectivity index (χ4n) is 4.00. The number of amides is 1. The van der Waals surface area contributed by atoms with E-state index < -0.39 is 11.4 Å². The van der Waals surface area contributed by atoms with Gasteiger partial charge < -0.3 is 10.0 Å². The molecule has 1 N–H and O–H groups in total. The summed E-state index contributed by atoms with van der Waals surface area (Å²) in [5.74, 6) is 0.649. The molecule has 1 fully saturated rings. The molecule has 1 amide bonds. The van der Waals surface area contributed by atoms with Crippen LogP contribution in [0.15, 0.2) is 52.1 Å². The summed E-state index contributed by atoms with van der Waals surface area (Å²) in [7, 11) is 0. The molecular weight excluding hydrogens is 414 g/mol. The van der Waals surface area contributed by atoms with Gasteiger partial charge in [-0.3, -0.25) is 9.59 Å². The highest BCUT2D eigenvalue weighted by Crippen LogP contribution is 2.41. The number of carbonyl (C=O) groups excluding carboxylic acids is 1. The molecule has 1 aliphatic heterocycles. The first-order chi connectivity index (χ1) is 14.4. The zero-order chi connectivity index (χ0) is 22.0. The molecule has 1 saturated heterocycles. The van der Waals surface area contributed by atoms with Crippen molar-refractivity contribution >= 4 is 35.0 Å². The third-order valence-electron chi connectivity index (χ3n) is 5.18. The van der Waals surface area contributed by atoms with E-state index in [4.69, 9.17) is 0 Å². The van der Waals surface area contributed by atoms with Gasteiger partial charge in [0, 0.05) is 13.1 Å². The van der Waals surface area contributed by atoms with Gasteiger partial charge in [-0.2, -0.15) is 0 Å². The molecule has 1 unspecified atom stereocenters. The van der Waals surface area contributed by atoms with E-state index in [1.165, 1.54) is 15.5 Å². The number of carbonyl (C=O) groups is 2. The van der Waals surface area contributed by atoms with Crippen LogP contribution >= 0.6 is 23.1 Å². The van der Waals surface area contributed by atoms with Crippen LogP contribution in [-0.2, 0) is 16.0 Å². The van der Waals surface area contributed by atoms with Crippen LogP contribution in [0, 0.1) is 11.3 Å². The molecule has 1 aromatic carbocycles. The van der Waals surface area contributed by atoms with Crippen LogP contribution in [0.3, 0.4) is 0 Å². The van der Waals surface area contributed by atoms with E-state index in [0.717, 1.165) is 6.42 Å². The first kappa shape index (κ1) is 24.5. The Morgan fingerprint density at radius 2 is 1.97 bits per heavy atom. The van der Waals surface area contributed by atoms with E-state index in [1.54, 1.807) is 0 Å². The van der Waals surface area contributed by atoms with Crippen molar-refractivity contribution in [3.8, 4) is 0 Å². The summed E-state index contributed by atoms with van der Waals surface area (Å²) in [6.45, 7) is 7.60. The molecule has 2 aromatic rings. The minimum Gasteiger partial charge on any atom is -0.481 e. The molecule has 6 heteroatoms. The summed E-state index contributed by atoms with van der Waals surface area (Å²) in [6, 6.07) is 14.3. The number of hydrogen-bond donors (Lipinski definition) is 1. The highest BCUT2D eigenvalue weighted by atomic mass is 32.2. The van der Waals surface area contributed by atoms with Crippen molar-refractivity contribution in [1.82, 2.24) is 4.90 Å². The highest BCUT2D eigenvalue weighted by Gasteiger charge is 2.47. The van der Waals surface area contributed by atoms with Crippen molar-refractivity contribution in [3.05, 3.63) is 53.4 Å². The van der Waals surface area contributed by atoms with Crippen LogP contribution in [0.25, 0.3) is 0 Å². The van der Waals surface area contributed by atoms with E-state index in [-0.39, 0.29) is 12.3 Å². The Morgan fingerprint density at radius 3 is 2.53 bits per heavy atom. The molecular formula is C24H33NO3S2. The van der Waals surface area contributed by atoms with Crippen LogP contribution in [0.5, 0.6) is 0 Å². The zero-order valence-electron chi connectivity index (χ0n) is 18.2. The van der Waals surface area contributed by atoms with Crippen LogP contribution in [0.4, 0.5) is 0 Å². The van der Waals surface area contributed by atoms with Gasteiger partial charge in [-0.05, 0) is 47.9 Å². The van der Waals surface area contributed by atoms with Gasteiger partial charge in [0.15, 0.2) is 0 Å². The fraction of sp³-hybridized carbons (Fsp3) is 0.500. The summed E-state index contributed by atoms with van der Waals surface area (Å²) in [5.41, 5.74) is 0.506. The molecule has 0 aliphatic carbocycles. The number of carboxylic acids is 1. The number of carboxylic acid groups (broad SMARTS) is 1. The summed E-state index contributed by atoms with van der Waals surface area (Å²) >= 11 is 3.71. The van der Waals surface area contributed by atoms with Crippen molar-refractivity contribution in [2.45, 2.75) is 50.7 Å². The molecule has 2 heterocycles. The zero-order valence-corrected chi connectivity index (χ0v) is 19.8. The fourth-order valence-corrected chi connectivity index (χ4v) is 5.70.